The monoisotopic (exact) mass is 414 g/mol. The van der Waals surface area contributed by atoms with E-state index >= 15 is 0 Å². The molecule has 3 rings (SSSR count). The quantitative estimate of drug-likeness (QED) is 0.758. The van der Waals surface area contributed by atoms with Gasteiger partial charge in [0.1, 0.15) is 10.6 Å². The van der Waals surface area contributed by atoms with Crippen LogP contribution in [0.3, 0.4) is 0 Å². The number of aryl methyl sites for hydroxylation is 2. The number of methoxy groups -OCH3 is 1. The van der Waals surface area contributed by atoms with Crippen molar-refractivity contribution < 1.29 is 24.2 Å². The summed E-state index contributed by atoms with van der Waals surface area (Å²) in [5.74, 6) is -3.59. The first-order valence-electron chi connectivity index (χ1n) is 9.62. The average Bonchev–Trinajstić information content (AvgIpc) is 3.12. The summed E-state index contributed by atoms with van der Waals surface area (Å²) in [4.78, 5) is 36.8. The van der Waals surface area contributed by atoms with Crippen LogP contribution in [0.2, 0.25) is 0 Å². The molecule has 1 heterocycles. The van der Waals surface area contributed by atoms with E-state index in [1.54, 1.807) is 0 Å². The summed E-state index contributed by atoms with van der Waals surface area (Å²) in [6, 6.07) is 5.96. The van der Waals surface area contributed by atoms with E-state index in [-0.39, 0.29) is 0 Å². The highest BCUT2D eigenvalue weighted by Gasteiger charge is 2.33. The SMILES string of the molecule is COC(=O)c1c(-c2cc(C)ccc2C)csc1NC(=O)C1CCCCC1C(=O)[O-]. The summed E-state index contributed by atoms with van der Waals surface area (Å²) in [5.41, 5.74) is 3.93. The van der Waals surface area contributed by atoms with Crippen molar-refractivity contribution in [1.82, 2.24) is 0 Å². The Morgan fingerprint density at radius 1 is 1.10 bits per heavy atom. The number of ether oxygens (including phenoxy) is 1. The van der Waals surface area contributed by atoms with Crippen molar-refractivity contribution >= 4 is 34.2 Å². The van der Waals surface area contributed by atoms with Gasteiger partial charge in [0, 0.05) is 28.7 Å². The predicted molar refractivity (Wildman–Crippen MR) is 110 cm³/mol. The Hall–Kier alpha value is -2.67. The molecule has 1 aliphatic carbocycles. The number of carboxylic acids is 1. The van der Waals surface area contributed by atoms with Crippen LogP contribution in [0.25, 0.3) is 11.1 Å². The molecule has 0 bridgehead atoms. The fraction of sp³-hybridized carbons (Fsp3) is 0.409. The van der Waals surface area contributed by atoms with Crippen LogP contribution in [0, 0.1) is 25.7 Å². The molecule has 2 unspecified atom stereocenters. The molecule has 1 aromatic heterocycles. The molecule has 2 atom stereocenters. The van der Waals surface area contributed by atoms with Crippen LogP contribution in [0.15, 0.2) is 23.6 Å². The molecule has 6 nitrogen and oxygen atoms in total. The number of hydrogen-bond donors (Lipinski definition) is 1. The summed E-state index contributed by atoms with van der Waals surface area (Å²) in [6.07, 6.45) is 2.49. The number of aliphatic carboxylic acids is 1. The molecule has 1 amide bonds. The Bertz CT molecular complexity index is 949. The van der Waals surface area contributed by atoms with Crippen LogP contribution >= 0.6 is 11.3 Å². The first-order chi connectivity index (χ1) is 13.8. The molecule has 29 heavy (non-hydrogen) atoms. The van der Waals surface area contributed by atoms with Crippen LogP contribution in [-0.4, -0.2) is 25.0 Å². The van der Waals surface area contributed by atoms with Gasteiger partial charge >= 0.3 is 5.97 Å². The maximum absolute atomic E-state index is 12.9. The topological polar surface area (TPSA) is 95.5 Å². The Labute approximate surface area is 173 Å². The lowest BCUT2D eigenvalue weighted by molar-refractivity contribution is -0.313. The molecule has 7 heteroatoms. The van der Waals surface area contributed by atoms with Crippen molar-refractivity contribution in [2.45, 2.75) is 39.5 Å². The number of rotatable bonds is 5. The van der Waals surface area contributed by atoms with Crippen molar-refractivity contribution in [2.75, 3.05) is 12.4 Å². The number of benzene rings is 1. The third-order valence-corrected chi connectivity index (χ3v) is 6.40. The number of esters is 1. The van der Waals surface area contributed by atoms with Gasteiger partial charge in [-0.15, -0.1) is 11.3 Å². The summed E-state index contributed by atoms with van der Waals surface area (Å²) in [6.45, 7) is 3.93. The number of amides is 1. The molecule has 1 N–H and O–H groups in total. The van der Waals surface area contributed by atoms with Gasteiger partial charge in [0.15, 0.2) is 0 Å². The summed E-state index contributed by atoms with van der Waals surface area (Å²) in [5, 5.41) is 16.4. The van der Waals surface area contributed by atoms with Gasteiger partial charge in [-0.25, -0.2) is 4.79 Å². The van der Waals surface area contributed by atoms with E-state index in [9.17, 15) is 19.5 Å². The minimum absolute atomic E-state index is 0.292. The number of carboxylic acid groups (broad SMARTS) is 1. The smallest absolute Gasteiger partial charge is 0.341 e. The fourth-order valence-electron chi connectivity index (χ4n) is 3.91. The van der Waals surface area contributed by atoms with Gasteiger partial charge in [-0.3, -0.25) is 4.79 Å². The lowest BCUT2D eigenvalue weighted by Crippen LogP contribution is -2.42. The number of thiophene rings is 1. The van der Waals surface area contributed by atoms with Gasteiger partial charge in [-0.1, -0.05) is 36.6 Å². The minimum atomic E-state index is -1.19. The van der Waals surface area contributed by atoms with Crippen LogP contribution in [0.4, 0.5) is 5.00 Å². The predicted octanol–water partition coefficient (Wildman–Crippen LogP) is 3.31. The highest BCUT2D eigenvalue weighted by Crippen LogP contribution is 2.39. The van der Waals surface area contributed by atoms with Gasteiger partial charge < -0.3 is 20.0 Å². The van der Waals surface area contributed by atoms with E-state index in [1.165, 1.54) is 18.4 Å². The van der Waals surface area contributed by atoms with Crippen molar-refractivity contribution in [3.63, 3.8) is 0 Å². The molecule has 2 aromatic rings. The Kier molecular flexibility index (Phi) is 6.37. The summed E-state index contributed by atoms with van der Waals surface area (Å²) in [7, 11) is 1.30. The highest BCUT2D eigenvalue weighted by molar-refractivity contribution is 7.15. The zero-order valence-electron chi connectivity index (χ0n) is 16.7. The Morgan fingerprint density at radius 3 is 2.45 bits per heavy atom. The van der Waals surface area contributed by atoms with E-state index in [0.29, 0.717) is 29.0 Å². The number of hydrogen-bond acceptors (Lipinski definition) is 6. The third-order valence-electron chi connectivity index (χ3n) is 5.51. The van der Waals surface area contributed by atoms with E-state index < -0.39 is 29.7 Å². The van der Waals surface area contributed by atoms with Crippen LogP contribution in [0.1, 0.15) is 47.2 Å². The molecule has 1 aliphatic rings. The van der Waals surface area contributed by atoms with Crippen molar-refractivity contribution in [3.05, 3.63) is 40.3 Å². The van der Waals surface area contributed by atoms with Gasteiger partial charge in [0.25, 0.3) is 0 Å². The summed E-state index contributed by atoms with van der Waals surface area (Å²) >= 11 is 1.24. The molecule has 0 aliphatic heterocycles. The first-order valence-corrected chi connectivity index (χ1v) is 10.5. The van der Waals surface area contributed by atoms with Crippen molar-refractivity contribution in [2.24, 2.45) is 11.8 Å². The highest BCUT2D eigenvalue weighted by atomic mass is 32.1. The second-order valence-corrected chi connectivity index (χ2v) is 8.35. The average molecular weight is 415 g/mol. The lowest BCUT2D eigenvalue weighted by Gasteiger charge is -2.31. The maximum Gasteiger partial charge on any atom is 0.341 e. The molecule has 0 saturated heterocycles. The zero-order chi connectivity index (χ0) is 21.1. The fourth-order valence-corrected chi connectivity index (χ4v) is 4.86. The van der Waals surface area contributed by atoms with Crippen LogP contribution < -0.4 is 10.4 Å². The molecule has 154 valence electrons. The molecule has 1 saturated carbocycles. The molecular weight excluding hydrogens is 390 g/mol. The molecule has 1 fully saturated rings. The first kappa shape index (κ1) is 21.0. The van der Waals surface area contributed by atoms with E-state index in [4.69, 9.17) is 4.74 Å². The van der Waals surface area contributed by atoms with Gasteiger partial charge in [-0.2, -0.15) is 0 Å². The van der Waals surface area contributed by atoms with Crippen LogP contribution in [0.5, 0.6) is 0 Å². The van der Waals surface area contributed by atoms with E-state index in [1.807, 2.05) is 37.4 Å². The Balaban J connectivity index is 1.97. The van der Waals surface area contributed by atoms with Gasteiger partial charge in [0.05, 0.1) is 7.11 Å². The molecule has 0 spiro atoms. The third kappa shape index (κ3) is 4.34. The van der Waals surface area contributed by atoms with Gasteiger partial charge in [0.2, 0.25) is 5.91 Å². The van der Waals surface area contributed by atoms with E-state index in [2.05, 4.69) is 5.32 Å². The summed E-state index contributed by atoms with van der Waals surface area (Å²) < 4.78 is 4.97. The zero-order valence-corrected chi connectivity index (χ0v) is 17.6. The lowest BCUT2D eigenvalue weighted by atomic mass is 9.78. The number of carbonyl (C=O) groups excluding carboxylic acids is 3. The van der Waals surface area contributed by atoms with Gasteiger partial charge in [-0.05, 0) is 37.8 Å². The van der Waals surface area contributed by atoms with Crippen LogP contribution in [-0.2, 0) is 14.3 Å². The molecular formula is C22H24NO5S-. The van der Waals surface area contributed by atoms with E-state index in [0.717, 1.165) is 29.5 Å². The largest absolute Gasteiger partial charge is 0.550 e. The minimum Gasteiger partial charge on any atom is -0.550 e. The molecule has 1 aromatic carbocycles. The number of anilines is 1. The standard InChI is InChI=1S/C22H25NO5S/c1-12-8-9-13(2)16(10-12)17-11-29-20(18(17)22(27)28-3)23-19(24)14-6-4-5-7-15(14)21(25)26/h8-11,14-15H,4-7H2,1-3H3,(H,23,24)(H,25,26)/p-1. The second-order valence-electron chi connectivity index (χ2n) is 7.47. The molecule has 0 radical (unpaired) electrons. The number of carbonyl (C=O) groups is 3. The Morgan fingerprint density at radius 2 is 1.79 bits per heavy atom. The van der Waals surface area contributed by atoms with Crippen molar-refractivity contribution in [1.29, 1.82) is 0 Å². The normalized spacial score (nSPS) is 18.9. The van der Waals surface area contributed by atoms with Crippen molar-refractivity contribution in [3.8, 4) is 11.1 Å². The second kappa shape index (κ2) is 8.78. The number of nitrogens with one attached hydrogen (secondary N) is 1. The maximum atomic E-state index is 12.9.